The molecule has 306 valence electrons. The molecule has 5 N–H and O–H groups in total. The minimum Gasteiger partial charge on any atom is -0.394 e. The number of carbonyl (C=O) groups excluding carboxylic acids is 7. The summed E-state index contributed by atoms with van der Waals surface area (Å²) in [6.07, 6.45) is 3.54. The zero-order chi connectivity index (χ0) is 41.0. The lowest BCUT2D eigenvalue weighted by atomic mass is 9.99. The van der Waals surface area contributed by atoms with E-state index in [1.165, 1.54) is 9.80 Å². The normalized spacial score (nSPS) is 24.4. The highest BCUT2D eigenvalue weighted by molar-refractivity contribution is 6.30. The van der Waals surface area contributed by atoms with Gasteiger partial charge in [0.2, 0.25) is 29.5 Å². The average Bonchev–Trinajstić information content (AvgIpc) is 3.46. The molecule has 57 heavy (non-hydrogen) atoms. The highest BCUT2D eigenvalue weighted by Crippen LogP contribution is 2.48. The van der Waals surface area contributed by atoms with Crippen LogP contribution in [0, 0.1) is 12.8 Å². The number of hydrogen-bond acceptors (Lipinski definition) is 8. The van der Waals surface area contributed by atoms with Gasteiger partial charge in [-0.05, 0) is 82.1 Å². The number of nitrogens with zero attached hydrogens (tertiary/aromatic N) is 3. The molecule has 6 rings (SSSR count). The molecule has 15 nitrogen and oxygen atoms in total. The van der Waals surface area contributed by atoms with Gasteiger partial charge in [-0.1, -0.05) is 54.4 Å². The van der Waals surface area contributed by atoms with Crippen LogP contribution in [-0.4, -0.2) is 123 Å². The number of nitrogens with one attached hydrogen (secondary N) is 4. The second kappa shape index (κ2) is 17.6. The third-order valence-corrected chi connectivity index (χ3v) is 11.7. The smallest absolute Gasteiger partial charge is 0.319 e. The molecule has 0 radical (unpaired) electrons. The molecule has 1 aliphatic carbocycles. The summed E-state index contributed by atoms with van der Waals surface area (Å²) in [7, 11) is 0. The maximum atomic E-state index is 14.2. The Hall–Kier alpha value is -5.02. The molecular formula is C41H52ClN7O8. The Morgan fingerprint density at radius 1 is 0.895 bits per heavy atom. The van der Waals surface area contributed by atoms with Gasteiger partial charge < -0.3 is 41.1 Å². The van der Waals surface area contributed by atoms with Crippen LogP contribution in [-0.2, 0) is 35.2 Å². The standard InChI is InChI=1S/C41H52ClN7O8/c1-24-9-6-10-27(17-24)18-30(46-40(57)44-29-12-7-11-28(42)19-29)35(52)45-31(23-50)38(55)48-16-8-14-33(48)39(56)47-15-5-4-13-32(47)36(53)43-26(3)37(54)49-22-25(2)20-41(49)21-34(41)51/h6-7,9-12,17,19,25-26,30-33,50H,4-5,8,13-16,18,20-23H2,1-3H3,(H,43,53)(H,45,52)(H2,44,46,57)/t25-,26-,30-,31-,32-,33-,41-/m0/s1. The van der Waals surface area contributed by atoms with Crippen LogP contribution < -0.4 is 21.3 Å². The van der Waals surface area contributed by atoms with Crippen molar-refractivity contribution in [3.8, 4) is 0 Å². The van der Waals surface area contributed by atoms with Gasteiger partial charge in [0.15, 0.2) is 5.78 Å². The SMILES string of the molecule is Cc1cccc(C[C@H](NC(=O)Nc2cccc(Cl)c2)C(=O)N[C@@H](CO)C(=O)N2CCC[C@H]2C(=O)N2CCCC[C@H]2C(=O)N[C@@H](C)C(=O)N2C[C@@H](C)C[C@@]23CC3=O)c1. The van der Waals surface area contributed by atoms with Crippen molar-refractivity contribution in [2.45, 2.75) is 108 Å². The van der Waals surface area contributed by atoms with Crippen molar-refractivity contribution in [1.82, 2.24) is 30.7 Å². The number of amides is 7. The Morgan fingerprint density at radius 3 is 2.32 bits per heavy atom. The fourth-order valence-corrected chi connectivity index (χ4v) is 8.77. The fourth-order valence-electron chi connectivity index (χ4n) is 8.58. The van der Waals surface area contributed by atoms with E-state index in [2.05, 4.69) is 21.3 Å². The average molecular weight is 806 g/mol. The van der Waals surface area contributed by atoms with E-state index in [4.69, 9.17) is 11.6 Å². The van der Waals surface area contributed by atoms with Gasteiger partial charge in [-0.3, -0.25) is 28.8 Å². The lowest BCUT2D eigenvalue weighted by Gasteiger charge is -2.39. The maximum absolute atomic E-state index is 14.2. The molecule has 0 bridgehead atoms. The minimum atomic E-state index is -1.43. The molecule has 4 aliphatic rings. The van der Waals surface area contributed by atoms with Gasteiger partial charge in [0.25, 0.3) is 0 Å². The summed E-state index contributed by atoms with van der Waals surface area (Å²) >= 11 is 6.07. The molecule has 7 amide bonds. The summed E-state index contributed by atoms with van der Waals surface area (Å²) in [6, 6.07) is 7.93. The number of urea groups is 1. The van der Waals surface area contributed by atoms with E-state index in [9.17, 15) is 38.7 Å². The lowest BCUT2D eigenvalue weighted by molar-refractivity contribution is -0.151. The van der Waals surface area contributed by atoms with Crippen molar-refractivity contribution in [2.24, 2.45) is 5.92 Å². The van der Waals surface area contributed by atoms with Gasteiger partial charge in [0.05, 0.1) is 6.61 Å². The Labute approximate surface area is 337 Å². The summed E-state index contributed by atoms with van der Waals surface area (Å²) in [5, 5.41) is 21.5. The summed E-state index contributed by atoms with van der Waals surface area (Å²) in [6.45, 7) is 5.64. The Bertz CT molecular complexity index is 1910. The number of aliphatic hydroxyl groups is 1. The number of ketones is 1. The molecule has 7 atom stereocenters. The van der Waals surface area contributed by atoms with Crippen molar-refractivity contribution in [3.63, 3.8) is 0 Å². The third-order valence-electron chi connectivity index (χ3n) is 11.5. The molecule has 2 aromatic carbocycles. The first-order chi connectivity index (χ1) is 27.2. The topological polar surface area (TPSA) is 198 Å². The highest BCUT2D eigenvalue weighted by atomic mass is 35.5. The Morgan fingerprint density at radius 2 is 1.61 bits per heavy atom. The lowest BCUT2D eigenvalue weighted by Crippen LogP contribution is -2.61. The number of carbonyl (C=O) groups is 7. The van der Waals surface area contributed by atoms with Crippen LogP contribution in [0.3, 0.4) is 0 Å². The molecule has 16 heteroatoms. The van der Waals surface area contributed by atoms with Gasteiger partial charge in [0.1, 0.15) is 35.7 Å². The summed E-state index contributed by atoms with van der Waals surface area (Å²) in [4.78, 5) is 99.0. The summed E-state index contributed by atoms with van der Waals surface area (Å²) in [5.41, 5.74) is 1.35. The van der Waals surface area contributed by atoms with E-state index < -0.39 is 72.0 Å². The predicted molar refractivity (Wildman–Crippen MR) is 211 cm³/mol. The van der Waals surface area contributed by atoms with Crippen LogP contribution in [0.4, 0.5) is 10.5 Å². The van der Waals surface area contributed by atoms with Gasteiger partial charge >= 0.3 is 6.03 Å². The number of aliphatic hydroxyl groups excluding tert-OH is 1. The second-order valence-corrected chi connectivity index (χ2v) is 16.4. The zero-order valence-electron chi connectivity index (χ0n) is 32.6. The van der Waals surface area contributed by atoms with E-state index in [0.29, 0.717) is 62.2 Å². The molecule has 3 heterocycles. The number of benzene rings is 2. The van der Waals surface area contributed by atoms with Gasteiger partial charge in [-0.25, -0.2) is 4.79 Å². The number of halogens is 1. The number of likely N-dealkylation sites (tertiary alicyclic amines) is 3. The number of aryl methyl sites for hydroxylation is 1. The van der Waals surface area contributed by atoms with Crippen LogP contribution in [0.1, 0.15) is 69.9 Å². The maximum Gasteiger partial charge on any atom is 0.319 e. The molecule has 0 aromatic heterocycles. The molecule has 0 unspecified atom stereocenters. The van der Waals surface area contributed by atoms with Crippen LogP contribution in [0.2, 0.25) is 5.02 Å². The van der Waals surface area contributed by atoms with Crippen LogP contribution >= 0.6 is 11.6 Å². The van der Waals surface area contributed by atoms with Crippen molar-refractivity contribution in [3.05, 3.63) is 64.7 Å². The molecule has 4 fully saturated rings. The first kappa shape index (κ1) is 41.6. The Kier molecular flexibility index (Phi) is 12.9. The number of hydrogen-bond donors (Lipinski definition) is 5. The molecular weight excluding hydrogens is 754 g/mol. The van der Waals surface area contributed by atoms with Crippen molar-refractivity contribution in [2.75, 3.05) is 31.6 Å². The molecule has 3 aliphatic heterocycles. The van der Waals surface area contributed by atoms with Crippen molar-refractivity contribution >= 4 is 58.6 Å². The number of anilines is 1. The predicted octanol–water partition coefficient (Wildman–Crippen LogP) is 2.32. The number of Topliss-reactive ketones (excluding diaryl/α,β-unsaturated/α-hetero) is 1. The zero-order valence-corrected chi connectivity index (χ0v) is 33.3. The fraction of sp³-hybridized carbons (Fsp3) is 0.537. The first-order valence-electron chi connectivity index (χ1n) is 19.8. The third kappa shape index (κ3) is 9.41. The second-order valence-electron chi connectivity index (χ2n) is 16.0. The van der Waals surface area contributed by atoms with Crippen LogP contribution in [0.25, 0.3) is 0 Å². The van der Waals surface area contributed by atoms with E-state index in [1.807, 2.05) is 38.1 Å². The molecule has 2 aromatic rings. The van der Waals surface area contributed by atoms with Gasteiger partial charge in [0, 0.05) is 43.2 Å². The quantitative estimate of drug-likeness (QED) is 0.216. The number of piperidine rings is 1. The molecule has 3 saturated heterocycles. The number of rotatable bonds is 12. The van der Waals surface area contributed by atoms with E-state index in [-0.39, 0.29) is 37.1 Å². The van der Waals surface area contributed by atoms with Gasteiger partial charge in [-0.15, -0.1) is 0 Å². The van der Waals surface area contributed by atoms with E-state index in [0.717, 1.165) is 11.1 Å². The highest BCUT2D eigenvalue weighted by Gasteiger charge is 2.63. The first-order valence-corrected chi connectivity index (χ1v) is 20.1. The van der Waals surface area contributed by atoms with Crippen LogP contribution in [0.15, 0.2) is 48.5 Å². The van der Waals surface area contributed by atoms with E-state index in [1.54, 1.807) is 36.1 Å². The van der Waals surface area contributed by atoms with Crippen molar-refractivity contribution < 1.29 is 38.7 Å². The molecule has 1 spiro atoms. The Balaban J connectivity index is 1.11. The van der Waals surface area contributed by atoms with Gasteiger partial charge in [-0.2, -0.15) is 0 Å². The minimum absolute atomic E-state index is 0.0394. The summed E-state index contributed by atoms with van der Waals surface area (Å²) in [5.74, 6) is -2.39. The van der Waals surface area contributed by atoms with E-state index >= 15 is 0 Å². The monoisotopic (exact) mass is 805 g/mol. The summed E-state index contributed by atoms with van der Waals surface area (Å²) < 4.78 is 0. The largest absolute Gasteiger partial charge is 0.394 e. The molecule has 1 saturated carbocycles. The van der Waals surface area contributed by atoms with Crippen LogP contribution in [0.5, 0.6) is 0 Å². The van der Waals surface area contributed by atoms with Crippen molar-refractivity contribution in [1.29, 1.82) is 0 Å².